The lowest BCUT2D eigenvalue weighted by Gasteiger charge is -2.30. The highest BCUT2D eigenvalue weighted by Crippen LogP contribution is 2.31. The normalized spacial score (nSPS) is 22.7. The number of carbonyl (C=O) groups is 3. The molecule has 0 spiro atoms. The number of carboxylic acid groups (broad SMARTS) is 1. The molecule has 2 atom stereocenters. The van der Waals surface area contributed by atoms with Crippen LogP contribution < -0.4 is 5.32 Å². The number of aryl methyl sites for hydroxylation is 1. The van der Waals surface area contributed by atoms with Crippen molar-refractivity contribution in [3.05, 3.63) is 64.6 Å². The number of halogens is 3. The molecule has 2 aromatic carbocycles. The second-order valence-corrected chi connectivity index (χ2v) is 11.3. The maximum absolute atomic E-state index is 15.1. The minimum Gasteiger partial charge on any atom is -0.481 e. The van der Waals surface area contributed by atoms with Crippen LogP contribution in [0.5, 0.6) is 0 Å². The number of carboxylic acids is 1. The van der Waals surface area contributed by atoms with Crippen LogP contribution in [0.25, 0.3) is 10.9 Å². The van der Waals surface area contributed by atoms with Gasteiger partial charge in [0, 0.05) is 30.6 Å². The van der Waals surface area contributed by atoms with E-state index < -0.39 is 35.8 Å². The Morgan fingerprint density at radius 1 is 1.15 bits per heavy atom. The molecular formula is C30H32ClF2N3O5. The maximum Gasteiger partial charge on any atom is 0.306 e. The lowest BCUT2D eigenvalue weighted by atomic mass is 9.87. The number of rotatable bonds is 8. The molecule has 41 heavy (non-hydrogen) atoms. The summed E-state index contributed by atoms with van der Waals surface area (Å²) in [6.07, 6.45) is 2.40. The Morgan fingerprint density at radius 3 is 2.61 bits per heavy atom. The summed E-state index contributed by atoms with van der Waals surface area (Å²) in [5.74, 6) is -2.78. The van der Waals surface area contributed by atoms with Crippen LogP contribution in [0.3, 0.4) is 0 Å². The van der Waals surface area contributed by atoms with Crippen LogP contribution in [-0.4, -0.2) is 63.8 Å². The minimum absolute atomic E-state index is 0.0390. The molecule has 1 aliphatic carbocycles. The van der Waals surface area contributed by atoms with E-state index in [1.54, 1.807) is 6.20 Å². The number of alkyl halides is 1. The molecule has 0 radical (unpaired) electrons. The molecule has 2 fully saturated rings. The molecule has 8 nitrogen and oxygen atoms in total. The number of benzene rings is 2. The summed E-state index contributed by atoms with van der Waals surface area (Å²) in [5.41, 5.74) is 1.40. The van der Waals surface area contributed by atoms with Crippen LogP contribution in [-0.2, 0) is 27.8 Å². The molecule has 11 heteroatoms. The number of ether oxygens (including phenoxy) is 1. The van der Waals surface area contributed by atoms with Gasteiger partial charge in [-0.1, -0.05) is 29.8 Å². The Morgan fingerprint density at radius 2 is 1.88 bits per heavy atom. The molecule has 3 aromatic rings. The first kappa shape index (κ1) is 29.0. The molecule has 218 valence electrons. The summed E-state index contributed by atoms with van der Waals surface area (Å²) in [4.78, 5) is 38.7. The van der Waals surface area contributed by atoms with Gasteiger partial charge in [-0.25, -0.2) is 8.78 Å². The average molecular weight is 588 g/mol. The van der Waals surface area contributed by atoms with Crippen molar-refractivity contribution < 1.29 is 33.0 Å². The highest BCUT2D eigenvalue weighted by molar-refractivity contribution is 6.34. The third-order valence-corrected chi connectivity index (χ3v) is 8.41. The van der Waals surface area contributed by atoms with Crippen molar-refractivity contribution in [3.8, 4) is 0 Å². The van der Waals surface area contributed by atoms with Gasteiger partial charge >= 0.3 is 5.97 Å². The third-order valence-electron chi connectivity index (χ3n) is 8.10. The van der Waals surface area contributed by atoms with E-state index in [1.807, 2.05) is 35.9 Å². The van der Waals surface area contributed by atoms with Crippen LogP contribution in [0.4, 0.5) is 14.5 Å². The smallest absolute Gasteiger partial charge is 0.306 e. The second-order valence-electron chi connectivity index (χ2n) is 10.9. The fourth-order valence-corrected chi connectivity index (χ4v) is 6.08. The Labute approximate surface area is 241 Å². The molecule has 2 N–H and O–H groups in total. The van der Waals surface area contributed by atoms with E-state index in [1.165, 1.54) is 11.0 Å². The molecule has 5 rings (SSSR count). The molecule has 1 aliphatic heterocycles. The van der Waals surface area contributed by atoms with Crippen LogP contribution in [0.1, 0.15) is 48.0 Å². The van der Waals surface area contributed by atoms with Crippen molar-refractivity contribution in [2.24, 2.45) is 13.0 Å². The number of hydrogen-bond donors (Lipinski definition) is 2. The number of para-hydroxylation sites is 1. The van der Waals surface area contributed by atoms with Crippen molar-refractivity contribution in [1.82, 2.24) is 9.47 Å². The first-order valence-electron chi connectivity index (χ1n) is 13.7. The summed E-state index contributed by atoms with van der Waals surface area (Å²) in [6.45, 7) is 0.0318. The number of nitrogens with zero attached hydrogens (tertiary/aromatic N) is 2. The molecule has 1 saturated carbocycles. The largest absolute Gasteiger partial charge is 0.481 e. The van der Waals surface area contributed by atoms with Crippen molar-refractivity contribution in [2.75, 3.05) is 18.5 Å². The standard InChI is InChI=1S/C30H32ClF2N3O5/c1-35-15-23(22-4-2-3-5-27(22)35)29(38)34-26-13-25(33)18(10-24(26)31)11-28(37)36-14-19(32)12-20(36)16-41-21-8-6-17(7-9-21)30(39)40/h2-5,10,13,15,17,19-21H,6-9,11-12,14,16H2,1H3,(H,34,38)(H,39,40)/t17?,19-,20-,21?/m0/s1. The van der Waals surface area contributed by atoms with Crippen LogP contribution >= 0.6 is 11.6 Å². The van der Waals surface area contributed by atoms with Gasteiger partial charge in [0.2, 0.25) is 5.91 Å². The number of fused-ring (bicyclic) bond motifs is 1. The zero-order chi connectivity index (χ0) is 29.3. The molecule has 1 aromatic heterocycles. The van der Waals surface area contributed by atoms with E-state index in [0.29, 0.717) is 31.2 Å². The number of nitrogens with one attached hydrogen (secondary N) is 1. The van der Waals surface area contributed by atoms with E-state index in [2.05, 4.69) is 5.32 Å². The van der Waals surface area contributed by atoms with Gasteiger partial charge in [-0.3, -0.25) is 14.4 Å². The third kappa shape index (κ3) is 6.38. The number of likely N-dealkylation sites (tertiary alicyclic amines) is 1. The number of hydrogen-bond acceptors (Lipinski definition) is 4. The number of anilines is 1. The summed E-state index contributed by atoms with van der Waals surface area (Å²) < 4.78 is 37.2. The summed E-state index contributed by atoms with van der Waals surface area (Å²) in [5, 5.41) is 12.6. The summed E-state index contributed by atoms with van der Waals surface area (Å²) >= 11 is 6.39. The molecule has 2 amide bonds. The lowest BCUT2D eigenvalue weighted by molar-refractivity contribution is -0.144. The monoisotopic (exact) mass is 587 g/mol. The van der Waals surface area contributed by atoms with Gasteiger partial charge in [-0.05, 0) is 49.4 Å². The molecule has 2 aliphatic rings. The van der Waals surface area contributed by atoms with Gasteiger partial charge in [0.1, 0.15) is 12.0 Å². The molecule has 0 unspecified atom stereocenters. The van der Waals surface area contributed by atoms with Crippen molar-refractivity contribution in [1.29, 1.82) is 0 Å². The number of carbonyl (C=O) groups excluding carboxylic acids is 2. The van der Waals surface area contributed by atoms with E-state index in [9.17, 15) is 18.8 Å². The van der Waals surface area contributed by atoms with Crippen molar-refractivity contribution >= 4 is 46.0 Å². The molecule has 1 saturated heterocycles. The number of aromatic nitrogens is 1. The molecule has 2 heterocycles. The van der Waals surface area contributed by atoms with Gasteiger partial charge in [-0.2, -0.15) is 0 Å². The fraction of sp³-hybridized carbons (Fsp3) is 0.433. The van der Waals surface area contributed by atoms with Crippen molar-refractivity contribution in [3.63, 3.8) is 0 Å². The SMILES string of the molecule is Cn1cc(C(=O)Nc2cc(F)c(CC(=O)N3C[C@@H](F)C[C@H]3COC3CCC(C(=O)O)CC3)cc2Cl)c2ccccc21. The van der Waals surface area contributed by atoms with Gasteiger partial charge in [0.25, 0.3) is 5.91 Å². The summed E-state index contributed by atoms with van der Waals surface area (Å²) in [6, 6.07) is 9.31. The van der Waals surface area contributed by atoms with E-state index in [-0.39, 0.29) is 54.3 Å². The highest BCUT2D eigenvalue weighted by Gasteiger charge is 2.36. The Hall–Kier alpha value is -3.50. The first-order chi connectivity index (χ1) is 19.6. The maximum atomic E-state index is 15.1. The topological polar surface area (TPSA) is 101 Å². The zero-order valence-electron chi connectivity index (χ0n) is 22.6. The minimum atomic E-state index is -1.21. The van der Waals surface area contributed by atoms with E-state index >= 15 is 4.39 Å². The predicted octanol–water partition coefficient (Wildman–Crippen LogP) is 5.36. The predicted molar refractivity (Wildman–Crippen MR) is 150 cm³/mol. The van der Waals surface area contributed by atoms with Gasteiger partial charge in [0.05, 0.1) is 53.9 Å². The van der Waals surface area contributed by atoms with Crippen LogP contribution in [0, 0.1) is 11.7 Å². The van der Waals surface area contributed by atoms with Crippen LogP contribution in [0.2, 0.25) is 5.02 Å². The van der Waals surface area contributed by atoms with Crippen LogP contribution in [0.15, 0.2) is 42.6 Å². The van der Waals surface area contributed by atoms with Gasteiger partial charge in [-0.15, -0.1) is 0 Å². The van der Waals surface area contributed by atoms with E-state index in [0.717, 1.165) is 17.0 Å². The quantitative estimate of drug-likeness (QED) is 0.369. The fourth-order valence-electron chi connectivity index (χ4n) is 5.84. The average Bonchev–Trinajstić information content (AvgIpc) is 3.50. The highest BCUT2D eigenvalue weighted by atomic mass is 35.5. The van der Waals surface area contributed by atoms with E-state index in [4.69, 9.17) is 21.4 Å². The molecular weight excluding hydrogens is 556 g/mol. The number of aliphatic carboxylic acids is 1. The Bertz CT molecular complexity index is 1470. The number of amides is 2. The lowest BCUT2D eigenvalue weighted by Crippen LogP contribution is -2.40. The first-order valence-corrected chi connectivity index (χ1v) is 14.1. The molecule has 0 bridgehead atoms. The zero-order valence-corrected chi connectivity index (χ0v) is 23.4. The van der Waals surface area contributed by atoms with Gasteiger partial charge in [0.15, 0.2) is 0 Å². The Kier molecular flexibility index (Phi) is 8.60. The summed E-state index contributed by atoms with van der Waals surface area (Å²) in [7, 11) is 1.83. The Balaban J connectivity index is 1.21. The van der Waals surface area contributed by atoms with Crippen molar-refractivity contribution in [2.45, 2.75) is 56.8 Å². The second kappa shape index (κ2) is 12.2. The van der Waals surface area contributed by atoms with Gasteiger partial charge < -0.3 is 24.6 Å².